The van der Waals surface area contributed by atoms with Crippen LogP contribution in [0.2, 0.25) is 0 Å². The lowest BCUT2D eigenvalue weighted by Gasteiger charge is -2.33. The fourth-order valence-corrected chi connectivity index (χ4v) is 2.26. The Bertz CT molecular complexity index is 291. The molecule has 0 saturated carbocycles. The first-order chi connectivity index (χ1) is 7.91. The molecule has 1 aliphatic heterocycles. The van der Waals surface area contributed by atoms with Crippen molar-refractivity contribution in [3.05, 3.63) is 0 Å². The second-order valence-electron chi connectivity index (χ2n) is 5.22. The van der Waals surface area contributed by atoms with E-state index in [1.54, 1.807) is 4.90 Å². The maximum atomic E-state index is 12.3. The van der Waals surface area contributed by atoms with Crippen LogP contribution in [-0.2, 0) is 9.59 Å². The highest BCUT2D eigenvalue weighted by Crippen LogP contribution is 2.19. The minimum atomic E-state index is -0.455. The van der Waals surface area contributed by atoms with Crippen molar-refractivity contribution in [2.45, 2.75) is 33.2 Å². The third-order valence-corrected chi connectivity index (χ3v) is 3.15. The van der Waals surface area contributed by atoms with Gasteiger partial charge in [-0.25, -0.2) is 0 Å². The van der Waals surface area contributed by atoms with Crippen LogP contribution in [0.5, 0.6) is 0 Å². The first kappa shape index (κ1) is 14.0. The van der Waals surface area contributed by atoms with Crippen LogP contribution in [0.4, 0.5) is 0 Å². The molecule has 0 aromatic rings. The standard InChI is InChI=1S/C12H23N3O2/c1-8(2)15(7-11(13)16)12(17)10-4-9(3)5-14-6-10/h8-10,14H,4-7H2,1-3H3,(H2,13,16). The Hall–Kier alpha value is -1.10. The average molecular weight is 241 g/mol. The van der Waals surface area contributed by atoms with E-state index in [1.165, 1.54) is 0 Å². The lowest BCUT2D eigenvalue weighted by molar-refractivity contribution is -0.141. The number of nitrogens with one attached hydrogen (secondary N) is 1. The molecular weight excluding hydrogens is 218 g/mol. The maximum Gasteiger partial charge on any atom is 0.237 e. The molecule has 1 saturated heterocycles. The number of amides is 2. The number of primary amides is 1. The van der Waals surface area contributed by atoms with Gasteiger partial charge in [0.05, 0.1) is 12.5 Å². The zero-order chi connectivity index (χ0) is 13.0. The topological polar surface area (TPSA) is 75.4 Å². The van der Waals surface area contributed by atoms with Gasteiger partial charge in [-0.3, -0.25) is 9.59 Å². The highest BCUT2D eigenvalue weighted by molar-refractivity contribution is 5.85. The molecule has 0 spiro atoms. The molecule has 0 aromatic heterocycles. The van der Waals surface area contributed by atoms with Crippen molar-refractivity contribution in [2.24, 2.45) is 17.6 Å². The molecule has 0 aromatic carbocycles. The summed E-state index contributed by atoms with van der Waals surface area (Å²) >= 11 is 0. The van der Waals surface area contributed by atoms with Crippen LogP contribution in [0.25, 0.3) is 0 Å². The fourth-order valence-electron chi connectivity index (χ4n) is 2.26. The van der Waals surface area contributed by atoms with Crippen LogP contribution in [0, 0.1) is 11.8 Å². The summed E-state index contributed by atoms with van der Waals surface area (Å²) in [7, 11) is 0. The van der Waals surface area contributed by atoms with Crippen LogP contribution in [0.1, 0.15) is 27.2 Å². The van der Waals surface area contributed by atoms with E-state index in [0.29, 0.717) is 12.5 Å². The molecule has 5 heteroatoms. The van der Waals surface area contributed by atoms with Gasteiger partial charge in [-0.2, -0.15) is 0 Å². The van der Waals surface area contributed by atoms with Crippen molar-refractivity contribution in [1.29, 1.82) is 0 Å². The van der Waals surface area contributed by atoms with E-state index in [0.717, 1.165) is 13.0 Å². The molecule has 1 aliphatic rings. The summed E-state index contributed by atoms with van der Waals surface area (Å²) in [5.74, 6) is 0.0579. The van der Waals surface area contributed by atoms with Gasteiger partial charge in [0, 0.05) is 12.6 Å². The van der Waals surface area contributed by atoms with Crippen LogP contribution in [0.3, 0.4) is 0 Å². The average Bonchev–Trinajstić information content (AvgIpc) is 2.24. The molecule has 2 amide bonds. The van der Waals surface area contributed by atoms with E-state index < -0.39 is 5.91 Å². The lowest BCUT2D eigenvalue weighted by Crippen LogP contribution is -2.49. The Labute approximate surface area is 103 Å². The van der Waals surface area contributed by atoms with E-state index >= 15 is 0 Å². The Morgan fingerprint density at radius 2 is 2.06 bits per heavy atom. The Balaban J connectivity index is 2.66. The number of carbonyl (C=O) groups excluding carboxylic acids is 2. The molecule has 1 rings (SSSR count). The molecule has 98 valence electrons. The number of nitrogens with two attached hydrogens (primary N) is 1. The van der Waals surface area contributed by atoms with Gasteiger partial charge in [-0.15, -0.1) is 0 Å². The van der Waals surface area contributed by atoms with Gasteiger partial charge in [-0.05, 0) is 32.7 Å². The number of piperidine rings is 1. The minimum Gasteiger partial charge on any atom is -0.368 e. The lowest BCUT2D eigenvalue weighted by atomic mass is 9.90. The van der Waals surface area contributed by atoms with Gasteiger partial charge in [-0.1, -0.05) is 6.92 Å². The predicted molar refractivity (Wildman–Crippen MR) is 66.2 cm³/mol. The van der Waals surface area contributed by atoms with Gasteiger partial charge < -0.3 is 16.0 Å². The third kappa shape index (κ3) is 4.00. The van der Waals surface area contributed by atoms with Gasteiger partial charge in [0.25, 0.3) is 0 Å². The summed E-state index contributed by atoms with van der Waals surface area (Å²) in [4.78, 5) is 24.9. The molecule has 2 unspecified atom stereocenters. The van der Waals surface area contributed by atoms with Crippen molar-refractivity contribution < 1.29 is 9.59 Å². The van der Waals surface area contributed by atoms with Gasteiger partial charge >= 0.3 is 0 Å². The highest BCUT2D eigenvalue weighted by Gasteiger charge is 2.30. The Morgan fingerprint density at radius 1 is 1.41 bits per heavy atom. The normalized spacial score (nSPS) is 24.7. The second kappa shape index (κ2) is 6.00. The number of hydrogen-bond donors (Lipinski definition) is 2. The second-order valence-corrected chi connectivity index (χ2v) is 5.22. The molecule has 3 N–H and O–H groups in total. The Morgan fingerprint density at radius 3 is 2.53 bits per heavy atom. The molecule has 17 heavy (non-hydrogen) atoms. The third-order valence-electron chi connectivity index (χ3n) is 3.15. The van der Waals surface area contributed by atoms with Crippen LogP contribution >= 0.6 is 0 Å². The van der Waals surface area contributed by atoms with Crippen molar-refractivity contribution in [2.75, 3.05) is 19.6 Å². The first-order valence-electron chi connectivity index (χ1n) is 6.21. The summed E-state index contributed by atoms with van der Waals surface area (Å²) in [5, 5.41) is 3.25. The zero-order valence-electron chi connectivity index (χ0n) is 10.9. The summed E-state index contributed by atoms with van der Waals surface area (Å²) < 4.78 is 0. The summed E-state index contributed by atoms with van der Waals surface area (Å²) in [6.07, 6.45) is 0.883. The number of rotatable bonds is 4. The number of carbonyl (C=O) groups is 2. The molecule has 0 bridgehead atoms. The van der Waals surface area contributed by atoms with E-state index in [9.17, 15) is 9.59 Å². The summed E-state index contributed by atoms with van der Waals surface area (Å²) in [5.41, 5.74) is 5.18. The highest BCUT2D eigenvalue weighted by atomic mass is 16.2. The predicted octanol–water partition coefficient (Wildman–Crippen LogP) is -0.0457. The minimum absolute atomic E-state index is 0.00670. The maximum absolute atomic E-state index is 12.3. The van der Waals surface area contributed by atoms with Crippen LogP contribution in [-0.4, -0.2) is 42.4 Å². The smallest absolute Gasteiger partial charge is 0.237 e. The van der Waals surface area contributed by atoms with Gasteiger partial charge in [0.1, 0.15) is 0 Å². The van der Waals surface area contributed by atoms with Gasteiger partial charge in [0.15, 0.2) is 0 Å². The number of nitrogens with zero attached hydrogens (tertiary/aromatic N) is 1. The fraction of sp³-hybridized carbons (Fsp3) is 0.833. The van der Waals surface area contributed by atoms with Crippen molar-refractivity contribution >= 4 is 11.8 Å². The Kier molecular flexibility index (Phi) is 4.93. The van der Waals surface area contributed by atoms with Crippen LogP contribution < -0.4 is 11.1 Å². The van der Waals surface area contributed by atoms with E-state index in [-0.39, 0.29) is 24.4 Å². The first-order valence-corrected chi connectivity index (χ1v) is 6.21. The molecule has 2 atom stereocenters. The molecule has 1 heterocycles. The monoisotopic (exact) mass is 241 g/mol. The number of hydrogen-bond acceptors (Lipinski definition) is 3. The van der Waals surface area contributed by atoms with E-state index in [2.05, 4.69) is 12.2 Å². The van der Waals surface area contributed by atoms with Crippen molar-refractivity contribution in [1.82, 2.24) is 10.2 Å². The molecule has 0 aliphatic carbocycles. The molecule has 0 radical (unpaired) electrons. The van der Waals surface area contributed by atoms with E-state index in [1.807, 2.05) is 13.8 Å². The quantitative estimate of drug-likeness (QED) is 0.725. The SMILES string of the molecule is CC1CNCC(C(=O)N(CC(N)=O)C(C)C)C1. The largest absolute Gasteiger partial charge is 0.368 e. The zero-order valence-corrected chi connectivity index (χ0v) is 10.9. The van der Waals surface area contributed by atoms with Crippen molar-refractivity contribution in [3.63, 3.8) is 0 Å². The molecule has 5 nitrogen and oxygen atoms in total. The van der Waals surface area contributed by atoms with Crippen LogP contribution in [0.15, 0.2) is 0 Å². The summed E-state index contributed by atoms with van der Waals surface area (Å²) in [6.45, 7) is 7.61. The molecular formula is C12H23N3O2. The van der Waals surface area contributed by atoms with E-state index in [4.69, 9.17) is 5.73 Å². The van der Waals surface area contributed by atoms with Gasteiger partial charge in [0.2, 0.25) is 11.8 Å². The van der Waals surface area contributed by atoms with Crippen molar-refractivity contribution in [3.8, 4) is 0 Å². The summed E-state index contributed by atoms with van der Waals surface area (Å²) in [6, 6.07) is 0.00670. The molecule has 1 fully saturated rings.